The molecule has 0 radical (unpaired) electrons. The Morgan fingerprint density at radius 3 is 3.07 bits per heavy atom. The molecule has 4 nitrogen and oxygen atoms in total. The zero-order valence-electron chi connectivity index (χ0n) is 9.66. The van der Waals surface area contributed by atoms with Crippen molar-refractivity contribution in [3.05, 3.63) is 11.9 Å². The Balaban J connectivity index is 2.09. The summed E-state index contributed by atoms with van der Waals surface area (Å²) in [7, 11) is 0. The number of aryl methyl sites for hydroxylation is 2. The summed E-state index contributed by atoms with van der Waals surface area (Å²) in [6.45, 7) is 8.05. The second-order valence-electron chi connectivity index (χ2n) is 4.11. The lowest BCUT2D eigenvalue weighted by Gasteiger charge is -2.17. The molecule has 84 valence electrons. The summed E-state index contributed by atoms with van der Waals surface area (Å²) in [6, 6.07) is 0.400. The predicted molar refractivity (Wildman–Crippen MR) is 60.1 cm³/mol. The molecule has 15 heavy (non-hydrogen) atoms. The Bertz CT molecular complexity index is 335. The highest BCUT2D eigenvalue weighted by Gasteiger charge is 2.25. The van der Waals surface area contributed by atoms with E-state index in [4.69, 9.17) is 4.74 Å². The molecule has 4 heteroatoms. The number of hydrogen-bond donors (Lipinski definition) is 1. The second-order valence-corrected chi connectivity index (χ2v) is 4.11. The number of anilines is 1. The zero-order chi connectivity index (χ0) is 10.8. The van der Waals surface area contributed by atoms with Gasteiger partial charge in [-0.25, -0.2) is 4.98 Å². The van der Waals surface area contributed by atoms with Crippen molar-refractivity contribution in [2.24, 2.45) is 0 Å². The maximum absolute atomic E-state index is 5.52. The molecule has 2 atom stereocenters. The van der Waals surface area contributed by atoms with Gasteiger partial charge in [-0.15, -0.1) is 0 Å². The largest absolute Gasteiger partial charge is 0.376 e. The smallest absolute Gasteiger partial charge is 0.203 e. The fraction of sp³-hybridized carbons (Fsp3) is 0.727. The molecule has 1 N–H and O–H groups in total. The molecule has 1 aromatic rings. The zero-order valence-corrected chi connectivity index (χ0v) is 9.66. The number of nitrogens with one attached hydrogen (secondary N) is 1. The Hall–Kier alpha value is -1.03. The summed E-state index contributed by atoms with van der Waals surface area (Å²) in [5.41, 5.74) is 1.06. The highest BCUT2D eigenvalue weighted by molar-refractivity contribution is 5.31. The molecule has 0 spiro atoms. The number of nitrogens with zero attached hydrogens (tertiary/aromatic N) is 2. The van der Waals surface area contributed by atoms with Crippen molar-refractivity contribution in [2.45, 2.75) is 45.9 Å². The van der Waals surface area contributed by atoms with E-state index < -0.39 is 0 Å². The summed E-state index contributed by atoms with van der Waals surface area (Å²) in [4.78, 5) is 4.48. The third-order valence-electron chi connectivity index (χ3n) is 2.93. The van der Waals surface area contributed by atoms with Crippen LogP contribution in [0.5, 0.6) is 0 Å². The minimum atomic E-state index is 0.285. The average molecular weight is 209 g/mol. The number of hydrogen-bond acceptors (Lipinski definition) is 3. The van der Waals surface area contributed by atoms with Crippen LogP contribution >= 0.6 is 0 Å². The normalized spacial score (nSPS) is 25.8. The quantitative estimate of drug-likeness (QED) is 0.825. The lowest BCUT2D eigenvalue weighted by atomic mass is 10.2. The van der Waals surface area contributed by atoms with E-state index in [2.05, 4.69) is 34.9 Å². The van der Waals surface area contributed by atoms with Gasteiger partial charge >= 0.3 is 0 Å². The predicted octanol–water partition coefficient (Wildman–Crippen LogP) is 1.80. The molecule has 2 heterocycles. The summed E-state index contributed by atoms with van der Waals surface area (Å²) < 4.78 is 7.66. The first kappa shape index (κ1) is 10.5. The van der Waals surface area contributed by atoms with E-state index in [0.717, 1.165) is 31.2 Å². The maximum Gasteiger partial charge on any atom is 0.203 e. The van der Waals surface area contributed by atoms with Crippen LogP contribution in [-0.4, -0.2) is 28.3 Å². The van der Waals surface area contributed by atoms with E-state index in [-0.39, 0.29) is 6.10 Å². The monoisotopic (exact) mass is 209 g/mol. The first-order valence-corrected chi connectivity index (χ1v) is 5.62. The van der Waals surface area contributed by atoms with Gasteiger partial charge < -0.3 is 14.6 Å². The van der Waals surface area contributed by atoms with Gasteiger partial charge in [-0.05, 0) is 27.2 Å². The second kappa shape index (κ2) is 4.23. The van der Waals surface area contributed by atoms with E-state index in [1.54, 1.807) is 0 Å². The molecular formula is C11H19N3O. The van der Waals surface area contributed by atoms with Crippen molar-refractivity contribution >= 4 is 5.95 Å². The van der Waals surface area contributed by atoms with Crippen molar-refractivity contribution in [1.82, 2.24) is 9.55 Å². The van der Waals surface area contributed by atoms with Gasteiger partial charge in [0, 0.05) is 19.3 Å². The molecule has 0 saturated carbocycles. The van der Waals surface area contributed by atoms with E-state index in [1.807, 2.05) is 6.92 Å². The van der Waals surface area contributed by atoms with Crippen molar-refractivity contribution in [3.63, 3.8) is 0 Å². The van der Waals surface area contributed by atoms with Crippen LogP contribution in [0, 0.1) is 6.92 Å². The van der Waals surface area contributed by atoms with E-state index in [0.29, 0.717) is 6.04 Å². The van der Waals surface area contributed by atoms with Gasteiger partial charge in [0.15, 0.2) is 0 Å². The number of imidazole rings is 1. The fourth-order valence-electron chi connectivity index (χ4n) is 1.99. The standard InChI is InChI=1S/C11H19N3O/c1-4-14-7-8(2)12-11(14)13-10-5-6-15-9(10)3/h7,9-10H,4-6H2,1-3H3,(H,12,13). The molecule has 0 aliphatic carbocycles. The van der Waals surface area contributed by atoms with Crippen molar-refractivity contribution in [2.75, 3.05) is 11.9 Å². The van der Waals surface area contributed by atoms with Crippen molar-refractivity contribution < 1.29 is 4.74 Å². The Morgan fingerprint density at radius 1 is 1.67 bits per heavy atom. The van der Waals surface area contributed by atoms with Gasteiger partial charge in [-0.1, -0.05) is 0 Å². The molecule has 1 saturated heterocycles. The van der Waals surface area contributed by atoms with Crippen LogP contribution in [0.25, 0.3) is 0 Å². The van der Waals surface area contributed by atoms with Crippen LogP contribution < -0.4 is 5.32 Å². The van der Waals surface area contributed by atoms with Crippen LogP contribution in [0.1, 0.15) is 26.0 Å². The van der Waals surface area contributed by atoms with Crippen LogP contribution in [0.3, 0.4) is 0 Å². The maximum atomic E-state index is 5.52. The summed E-state index contributed by atoms with van der Waals surface area (Å²) in [5, 5.41) is 3.46. The Morgan fingerprint density at radius 2 is 2.47 bits per heavy atom. The lowest BCUT2D eigenvalue weighted by Crippen LogP contribution is -2.28. The van der Waals surface area contributed by atoms with Gasteiger partial charge in [-0.2, -0.15) is 0 Å². The van der Waals surface area contributed by atoms with Crippen molar-refractivity contribution in [1.29, 1.82) is 0 Å². The molecule has 1 aromatic heterocycles. The average Bonchev–Trinajstić information content (AvgIpc) is 2.75. The fourth-order valence-corrected chi connectivity index (χ4v) is 1.99. The van der Waals surface area contributed by atoms with Gasteiger partial charge in [0.1, 0.15) is 0 Å². The third-order valence-corrected chi connectivity index (χ3v) is 2.93. The third kappa shape index (κ3) is 2.15. The molecule has 1 aliphatic rings. The first-order chi connectivity index (χ1) is 7.20. The van der Waals surface area contributed by atoms with Gasteiger partial charge in [0.25, 0.3) is 0 Å². The van der Waals surface area contributed by atoms with Crippen LogP contribution in [0.2, 0.25) is 0 Å². The topological polar surface area (TPSA) is 39.1 Å². The van der Waals surface area contributed by atoms with Gasteiger partial charge in [-0.3, -0.25) is 0 Å². The molecule has 2 unspecified atom stereocenters. The molecule has 1 aliphatic heterocycles. The first-order valence-electron chi connectivity index (χ1n) is 5.62. The van der Waals surface area contributed by atoms with E-state index in [9.17, 15) is 0 Å². The highest BCUT2D eigenvalue weighted by Crippen LogP contribution is 2.18. The molecule has 1 fully saturated rings. The molecule has 2 rings (SSSR count). The van der Waals surface area contributed by atoms with Crippen LogP contribution in [0.15, 0.2) is 6.20 Å². The SMILES string of the molecule is CCn1cc(C)nc1NC1CCOC1C. The van der Waals surface area contributed by atoms with E-state index in [1.165, 1.54) is 0 Å². The Labute approximate surface area is 90.6 Å². The van der Waals surface area contributed by atoms with Crippen LogP contribution in [0.4, 0.5) is 5.95 Å². The lowest BCUT2D eigenvalue weighted by molar-refractivity contribution is 0.121. The number of rotatable bonds is 3. The summed E-state index contributed by atoms with van der Waals surface area (Å²) >= 11 is 0. The number of aromatic nitrogens is 2. The summed E-state index contributed by atoms with van der Waals surface area (Å²) in [6.07, 6.45) is 3.42. The molecule has 0 bridgehead atoms. The Kier molecular flexibility index (Phi) is 2.95. The number of ether oxygens (including phenoxy) is 1. The van der Waals surface area contributed by atoms with Gasteiger partial charge in [0.2, 0.25) is 5.95 Å². The summed E-state index contributed by atoms with van der Waals surface area (Å²) in [5.74, 6) is 0.970. The van der Waals surface area contributed by atoms with Crippen LogP contribution in [-0.2, 0) is 11.3 Å². The molecule has 0 aromatic carbocycles. The minimum Gasteiger partial charge on any atom is -0.376 e. The van der Waals surface area contributed by atoms with Gasteiger partial charge in [0.05, 0.1) is 17.8 Å². The highest BCUT2D eigenvalue weighted by atomic mass is 16.5. The minimum absolute atomic E-state index is 0.285. The molecular weight excluding hydrogens is 190 g/mol. The molecule has 0 amide bonds. The van der Waals surface area contributed by atoms with E-state index >= 15 is 0 Å². The van der Waals surface area contributed by atoms with Crippen molar-refractivity contribution in [3.8, 4) is 0 Å².